The first-order chi connectivity index (χ1) is 5.36. The summed E-state index contributed by atoms with van der Waals surface area (Å²) in [6.07, 6.45) is 0.715. The van der Waals surface area contributed by atoms with Gasteiger partial charge in [-0.1, -0.05) is 0 Å². The minimum atomic E-state index is -10.7. The molecule has 0 aliphatic rings. The van der Waals surface area contributed by atoms with Gasteiger partial charge in [0.15, 0.2) is 0 Å². The quantitative estimate of drug-likeness (QED) is 0.309. The first kappa shape index (κ1) is 20.1. The van der Waals surface area contributed by atoms with Crippen molar-refractivity contribution in [2.45, 2.75) is 12.8 Å². The first-order valence-electron chi connectivity index (χ1n) is 2.67. The maximum Gasteiger partial charge on any atom is 1.00 e. The summed E-state index contributed by atoms with van der Waals surface area (Å²) in [5.74, 6) is 0. The van der Waals surface area contributed by atoms with Gasteiger partial charge in [0.2, 0.25) is 0 Å². The first-order valence-corrected chi connectivity index (χ1v) is 4.70. The fraction of sp³-hybridized carbons (Fsp3) is 0.500. The molecule has 0 bridgehead atoms. The smallest absolute Gasteiger partial charge is 0.198 e. The number of nitriles is 2. The van der Waals surface area contributed by atoms with Crippen LogP contribution in [0.1, 0.15) is 12.8 Å². The number of hydrogen-bond acceptors (Lipinski definition) is 2. The minimum absolute atomic E-state index is 0. The molecule has 0 aromatic heterocycles. The van der Waals surface area contributed by atoms with Crippen molar-refractivity contribution in [2.24, 2.45) is 0 Å². The third-order valence-electron chi connectivity index (χ3n) is 0.349. The summed E-state index contributed by atoms with van der Waals surface area (Å²) in [4.78, 5) is 0. The van der Waals surface area contributed by atoms with E-state index < -0.39 is 7.81 Å². The molecular weight excluding hydrogens is 260 g/mol. The van der Waals surface area contributed by atoms with Crippen molar-refractivity contribution in [3.63, 3.8) is 0 Å². The zero-order valence-corrected chi connectivity index (χ0v) is 11.0. The molecule has 0 unspecified atom stereocenters. The molecule has 0 rings (SSSR count). The molecule has 14 heavy (non-hydrogen) atoms. The molecule has 78 valence electrons. The van der Waals surface area contributed by atoms with Crippen molar-refractivity contribution >= 4 is 7.81 Å². The van der Waals surface area contributed by atoms with Gasteiger partial charge >= 0.3 is 84.4 Å². The number of unbranched alkanes of at least 4 members (excludes halogenated alkanes) is 1. The topological polar surface area (TPSA) is 47.6 Å². The van der Waals surface area contributed by atoms with Gasteiger partial charge < -0.3 is 0 Å². The molecule has 0 atom stereocenters. The summed E-state index contributed by atoms with van der Waals surface area (Å²) in [6, 6.07) is 3.69. The van der Waals surface area contributed by atoms with E-state index in [1.165, 1.54) is 0 Å². The van der Waals surface area contributed by atoms with Crippen LogP contribution in [0.2, 0.25) is 0 Å². The Morgan fingerprint density at radius 3 is 1.00 bits per heavy atom. The van der Waals surface area contributed by atoms with Crippen LogP contribution in [0.4, 0.5) is 25.2 Å². The second kappa shape index (κ2) is 5.64. The Morgan fingerprint density at radius 1 is 0.786 bits per heavy atom. The van der Waals surface area contributed by atoms with Crippen LogP contribution in [0.3, 0.4) is 0 Å². The fourth-order valence-corrected chi connectivity index (χ4v) is 0.112. The molecule has 0 saturated heterocycles. The predicted octanol–water partition coefficient (Wildman–Crippen LogP) is 1.20. The normalized spacial score (nSPS) is 14.0. The van der Waals surface area contributed by atoms with Gasteiger partial charge in [-0.25, -0.2) is 0 Å². The molecule has 0 N–H and O–H groups in total. The molecule has 0 amide bonds. The van der Waals surface area contributed by atoms with Crippen LogP contribution >= 0.6 is 7.81 Å². The Bertz CT molecular complexity index is 218. The van der Waals surface area contributed by atoms with E-state index in [-0.39, 0.29) is 51.4 Å². The largest absolute Gasteiger partial charge is 1.00 e. The molecule has 0 fully saturated rings. The summed E-state index contributed by atoms with van der Waals surface area (Å²) < 4.78 is 59.2. The van der Waals surface area contributed by atoms with Gasteiger partial charge in [-0.05, 0) is 0 Å². The number of nitrogens with zero attached hydrogens (tertiary/aromatic N) is 2. The van der Waals surface area contributed by atoms with Gasteiger partial charge in [-0.2, -0.15) is 10.5 Å². The zero-order chi connectivity index (χ0) is 11.2. The zero-order valence-electron chi connectivity index (χ0n) is 7.02. The summed E-state index contributed by atoms with van der Waals surface area (Å²) in [5.41, 5.74) is 0. The molecule has 0 aromatic carbocycles. The van der Waals surface area contributed by atoms with Crippen molar-refractivity contribution in [2.75, 3.05) is 0 Å². The Balaban J connectivity index is -0.000000163. The molecule has 0 saturated carbocycles. The predicted molar refractivity (Wildman–Crippen MR) is 34.0 cm³/mol. The number of hydrogen-bond donors (Lipinski definition) is 0. The van der Waals surface area contributed by atoms with E-state index in [1.54, 1.807) is 0 Å². The van der Waals surface area contributed by atoms with Gasteiger partial charge in [-0.3, -0.25) is 0 Å². The standard InChI is InChI=1S/C4H4N2.F6P.K/c5-3-1-2-4-6;1-7(2,3,4,5)6;/h1-2H2;;/q;-1;+1. The van der Waals surface area contributed by atoms with Crippen LogP contribution < -0.4 is 51.4 Å². The minimum Gasteiger partial charge on any atom is -0.198 e. The Labute approximate surface area is 119 Å². The second-order valence-corrected chi connectivity index (χ2v) is 3.69. The molecule has 0 aromatic rings. The SMILES string of the molecule is F[P-](F)(F)(F)(F)F.N#CCCC#N.[K+]. The number of rotatable bonds is 1. The maximum absolute atomic E-state index is 10.7. The monoisotopic (exact) mass is 264 g/mol. The van der Waals surface area contributed by atoms with Crippen LogP contribution in [-0.4, -0.2) is 0 Å². The Kier molecular flexibility index (Phi) is 8.09. The molecule has 0 aliphatic heterocycles. The molecule has 0 heterocycles. The Hall–Kier alpha value is 0.626. The van der Waals surface area contributed by atoms with Gasteiger partial charge in [0.05, 0.1) is 12.1 Å². The van der Waals surface area contributed by atoms with Crippen LogP contribution in [-0.2, 0) is 0 Å². The van der Waals surface area contributed by atoms with Gasteiger partial charge in [0.25, 0.3) is 0 Å². The van der Waals surface area contributed by atoms with E-state index >= 15 is 0 Å². The average Bonchev–Trinajstić information content (AvgIpc) is 1.76. The second-order valence-electron chi connectivity index (χ2n) is 1.77. The van der Waals surface area contributed by atoms with E-state index in [9.17, 15) is 25.2 Å². The summed E-state index contributed by atoms with van der Waals surface area (Å²) in [6.45, 7) is 0. The molecule has 0 radical (unpaired) electrons. The van der Waals surface area contributed by atoms with Crippen molar-refractivity contribution in [1.82, 2.24) is 0 Å². The van der Waals surface area contributed by atoms with Crippen molar-refractivity contribution in [1.29, 1.82) is 10.5 Å². The summed E-state index contributed by atoms with van der Waals surface area (Å²) >= 11 is 0. The van der Waals surface area contributed by atoms with E-state index in [0.717, 1.165) is 0 Å². The molecular formula is C4H4F6KN2P. The maximum atomic E-state index is 9.87. The fourth-order valence-electron chi connectivity index (χ4n) is 0.112. The summed E-state index contributed by atoms with van der Waals surface area (Å²) in [7, 11) is -10.7. The van der Waals surface area contributed by atoms with Crippen LogP contribution in [0, 0.1) is 22.7 Å². The van der Waals surface area contributed by atoms with Crippen molar-refractivity contribution in [3.8, 4) is 12.1 Å². The summed E-state index contributed by atoms with van der Waals surface area (Å²) in [5, 5.41) is 15.6. The van der Waals surface area contributed by atoms with E-state index in [2.05, 4.69) is 0 Å². The van der Waals surface area contributed by atoms with Crippen molar-refractivity contribution < 1.29 is 76.6 Å². The van der Waals surface area contributed by atoms with Gasteiger partial charge in [0, 0.05) is 12.8 Å². The van der Waals surface area contributed by atoms with Crippen molar-refractivity contribution in [3.05, 3.63) is 0 Å². The molecule has 0 spiro atoms. The Morgan fingerprint density at radius 2 is 0.929 bits per heavy atom. The van der Waals surface area contributed by atoms with E-state index in [4.69, 9.17) is 10.5 Å². The van der Waals surface area contributed by atoms with Gasteiger partial charge in [0.1, 0.15) is 0 Å². The van der Waals surface area contributed by atoms with Crippen LogP contribution in [0.15, 0.2) is 0 Å². The van der Waals surface area contributed by atoms with Crippen LogP contribution in [0.5, 0.6) is 0 Å². The van der Waals surface area contributed by atoms with Crippen LogP contribution in [0.25, 0.3) is 0 Å². The van der Waals surface area contributed by atoms with E-state index in [1.807, 2.05) is 12.1 Å². The molecule has 10 heteroatoms. The third kappa shape index (κ3) is 130. The molecule has 0 aliphatic carbocycles. The van der Waals surface area contributed by atoms with Gasteiger partial charge in [-0.15, -0.1) is 0 Å². The average molecular weight is 264 g/mol. The molecule has 2 nitrogen and oxygen atoms in total. The third-order valence-corrected chi connectivity index (χ3v) is 0.349. The van der Waals surface area contributed by atoms with E-state index in [0.29, 0.717) is 12.8 Å². The number of halogens is 6.